The van der Waals surface area contributed by atoms with Crippen molar-refractivity contribution >= 4 is 0 Å². The lowest BCUT2D eigenvalue weighted by atomic mass is 10.2. The Labute approximate surface area is 90.3 Å². The fourth-order valence-corrected chi connectivity index (χ4v) is 1.46. The van der Waals surface area contributed by atoms with Crippen LogP contribution < -0.4 is 5.32 Å². The van der Waals surface area contributed by atoms with Crippen molar-refractivity contribution in [2.24, 2.45) is 0 Å². The van der Waals surface area contributed by atoms with Gasteiger partial charge < -0.3 is 10.2 Å². The molecule has 84 valence electrons. The van der Waals surface area contributed by atoms with E-state index >= 15 is 0 Å². The minimum Gasteiger partial charge on any atom is -0.309 e. The molecule has 0 fully saturated rings. The molecule has 0 aromatic carbocycles. The Bertz CT molecular complexity index is 302. The zero-order valence-corrected chi connectivity index (χ0v) is 9.50. The molecule has 1 aromatic rings. The molecule has 0 bridgehead atoms. The fourth-order valence-electron chi connectivity index (χ4n) is 1.46. The van der Waals surface area contributed by atoms with Gasteiger partial charge in [-0.3, -0.25) is 4.98 Å². The van der Waals surface area contributed by atoms with Crippen molar-refractivity contribution < 1.29 is 4.39 Å². The molecule has 0 aliphatic rings. The highest BCUT2D eigenvalue weighted by atomic mass is 19.1. The van der Waals surface area contributed by atoms with Crippen molar-refractivity contribution in [1.82, 2.24) is 15.2 Å². The van der Waals surface area contributed by atoms with E-state index < -0.39 is 0 Å². The maximum absolute atomic E-state index is 12.8. The van der Waals surface area contributed by atoms with Gasteiger partial charge in [0.25, 0.3) is 0 Å². The molecule has 15 heavy (non-hydrogen) atoms. The number of hydrogen-bond acceptors (Lipinski definition) is 3. The number of hydrogen-bond donors (Lipinski definition) is 1. The predicted molar refractivity (Wildman–Crippen MR) is 59.1 cm³/mol. The molecule has 1 unspecified atom stereocenters. The first-order valence-corrected chi connectivity index (χ1v) is 5.05. The third-order valence-electron chi connectivity index (χ3n) is 2.06. The highest BCUT2D eigenvalue weighted by Crippen LogP contribution is 2.00. The van der Waals surface area contributed by atoms with Gasteiger partial charge >= 0.3 is 0 Å². The number of nitrogens with one attached hydrogen (secondary N) is 1. The molecule has 0 aliphatic heterocycles. The SMILES string of the molecule is CC(CN(C)C)NCc1cncc(F)c1. The summed E-state index contributed by atoms with van der Waals surface area (Å²) in [6.45, 7) is 3.72. The van der Waals surface area contributed by atoms with Crippen LogP contribution in [0.4, 0.5) is 4.39 Å². The summed E-state index contributed by atoms with van der Waals surface area (Å²) in [7, 11) is 4.06. The van der Waals surface area contributed by atoms with E-state index in [2.05, 4.69) is 22.1 Å². The zero-order valence-electron chi connectivity index (χ0n) is 9.50. The smallest absolute Gasteiger partial charge is 0.141 e. The van der Waals surface area contributed by atoms with Gasteiger partial charge in [-0.1, -0.05) is 0 Å². The van der Waals surface area contributed by atoms with Crippen LogP contribution in [-0.2, 0) is 6.54 Å². The molecule has 0 radical (unpaired) electrons. The first-order chi connectivity index (χ1) is 7.08. The average molecular weight is 211 g/mol. The van der Waals surface area contributed by atoms with Crippen LogP contribution in [0.1, 0.15) is 12.5 Å². The molecule has 0 saturated heterocycles. The highest BCUT2D eigenvalue weighted by molar-refractivity contribution is 5.09. The van der Waals surface area contributed by atoms with E-state index in [4.69, 9.17) is 0 Å². The average Bonchev–Trinajstić information content (AvgIpc) is 2.14. The Hall–Kier alpha value is -1.00. The fraction of sp³-hybridized carbons (Fsp3) is 0.545. The summed E-state index contributed by atoms with van der Waals surface area (Å²) >= 11 is 0. The van der Waals surface area contributed by atoms with Crippen molar-refractivity contribution in [3.05, 3.63) is 29.8 Å². The van der Waals surface area contributed by atoms with E-state index in [1.165, 1.54) is 12.3 Å². The van der Waals surface area contributed by atoms with E-state index in [-0.39, 0.29) is 5.82 Å². The molecule has 1 heterocycles. The van der Waals surface area contributed by atoms with E-state index in [0.29, 0.717) is 12.6 Å². The van der Waals surface area contributed by atoms with Gasteiger partial charge in [0.1, 0.15) is 5.82 Å². The molecule has 0 aliphatic carbocycles. The van der Waals surface area contributed by atoms with E-state index in [1.54, 1.807) is 6.20 Å². The Balaban J connectivity index is 2.36. The molecule has 3 nitrogen and oxygen atoms in total. The monoisotopic (exact) mass is 211 g/mol. The van der Waals surface area contributed by atoms with Crippen molar-refractivity contribution in [1.29, 1.82) is 0 Å². The lowest BCUT2D eigenvalue weighted by Crippen LogP contribution is -2.35. The van der Waals surface area contributed by atoms with Crippen LogP contribution >= 0.6 is 0 Å². The van der Waals surface area contributed by atoms with Crippen molar-refractivity contribution in [2.75, 3.05) is 20.6 Å². The number of likely N-dealkylation sites (N-methyl/N-ethyl adjacent to an activating group) is 1. The van der Waals surface area contributed by atoms with Crippen LogP contribution in [0.2, 0.25) is 0 Å². The van der Waals surface area contributed by atoms with Crippen LogP contribution in [0, 0.1) is 5.82 Å². The third kappa shape index (κ3) is 4.85. The van der Waals surface area contributed by atoms with Gasteiger partial charge in [0.15, 0.2) is 0 Å². The first kappa shape index (κ1) is 12.1. The summed E-state index contributed by atoms with van der Waals surface area (Å²) in [6, 6.07) is 1.88. The van der Waals surface area contributed by atoms with Gasteiger partial charge in [0, 0.05) is 25.3 Å². The van der Waals surface area contributed by atoms with Crippen LogP contribution in [-0.4, -0.2) is 36.6 Å². The topological polar surface area (TPSA) is 28.2 Å². The van der Waals surface area contributed by atoms with Crippen molar-refractivity contribution in [2.45, 2.75) is 19.5 Å². The van der Waals surface area contributed by atoms with E-state index in [9.17, 15) is 4.39 Å². The predicted octanol–water partition coefficient (Wildman–Crippen LogP) is 1.26. The van der Waals surface area contributed by atoms with E-state index in [1.807, 2.05) is 14.1 Å². The third-order valence-corrected chi connectivity index (χ3v) is 2.06. The normalized spacial score (nSPS) is 13.1. The van der Waals surface area contributed by atoms with Gasteiger partial charge in [0.05, 0.1) is 6.20 Å². The summed E-state index contributed by atoms with van der Waals surface area (Å²) in [6.07, 6.45) is 2.89. The lowest BCUT2D eigenvalue weighted by molar-refractivity contribution is 0.349. The Morgan fingerprint density at radius 1 is 1.47 bits per heavy atom. The molecule has 1 atom stereocenters. The molecule has 4 heteroatoms. The van der Waals surface area contributed by atoms with Crippen LogP contribution in [0.3, 0.4) is 0 Å². The number of rotatable bonds is 5. The molecule has 1 aromatic heterocycles. The second kappa shape index (κ2) is 5.78. The van der Waals surface area contributed by atoms with Gasteiger partial charge in [0.2, 0.25) is 0 Å². The maximum Gasteiger partial charge on any atom is 0.141 e. The summed E-state index contributed by atoms with van der Waals surface area (Å²) in [4.78, 5) is 5.91. The van der Waals surface area contributed by atoms with Crippen LogP contribution in [0.25, 0.3) is 0 Å². The summed E-state index contributed by atoms with van der Waals surface area (Å²) in [5.41, 5.74) is 0.876. The second-order valence-corrected chi connectivity index (χ2v) is 4.06. The zero-order chi connectivity index (χ0) is 11.3. The molecule has 0 amide bonds. The van der Waals surface area contributed by atoms with E-state index in [0.717, 1.165) is 12.1 Å². The van der Waals surface area contributed by atoms with Gasteiger partial charge in [-0.05, 0) is 32.6 Å². The van der Waals surface area contributed by atoms with Gasteiger partial charge in [-0.25, -0.2) is 4.39 Å². The minimum atomic E-state index is -0.283. The molecule has 0 saturated carbocycles. The molecular formula is C11H18FN3. The standard InChI is InChI=1S/C11H18FN3/c1-9(8-15(2)3)14-6-10-4-11(12)7-13-5-10/h4-5,7,9,14H,6,8H2,1-3H3. The summed E-state index contributed by atoms with van der Waals surface area (Å²) < 4.78 is 12.8. The first-order valence-electron chi connectivity index (χ1n) is 5.05. The number of aromatic nitrogens is 1. The molecule has 1 rings (SSSR count). The van der Waals surface area contributed by atoms with Crippen LogP contribution in [0.15, 0.2) is 18.5 Å². The Kier molecular flexibility index (Phi) is 4.65. The maximum atomic E-state index is 12.8. The Morgan fingerprint density at radius 3 is 2.80 bits per heavy atom. The van der Waals surface area contributed by atoms with Crippen LogP contribution in [0.5, 0.6) is 0 Å². The van der Waals surface area contributed by atoms with Gasteiger partial charge in [-0.15, -0.1) is 0 Å². The molecular weight excluding hydrogens is 193 g/mol. The molecule has 1 N–H and O–H groups in total. The lowest BCUT2D eigenvalue weighted by Gasteiger charge is -2.18. The number of pyridine rings is 1. The largest absolute Gasteiger partial charge is 0.309 e. The number of halogens is 1. The Morgan fingerprint density at radius 2 is 2.20 bits per heavy atom. The number of nitrogens with zero attached hydrogens (tertiary/aromatic N) is 2. The highest BCUT2D eigenvalue weighted by Gasteiger charge is 2.03. The van der Waals surface area contributed by atoms with Crippen molar-refractivity contribution in [3.63, 3.8) is 0 Å². The minimum absolute atomic E-state index is 0.283. The van der Waals surface area contributed by atoms with Gasteiger partial charge in [-0.2, -0.15) is 0 Å². The molecule has 0 spiro atoms. The summed E-state index contributed by atoms with van der Waals surface area (Å²) in [5, 5.41) is 3.31. The van der Waals surface area contributed by atoms with Crippen molar-refractivity contribution in [3.8, 4) is 0 Å². The summed E-state index contributed by atoms with van der Waals surface area (Å²) in [5.74, 6) is -0.283. The second-order valence-electron chi connectivity index (χ2n) is 4.06. The quantitative estimate of drug-likeness (QED) is 0.794.